The van der Waals surface area contributed by atoms with Gasteiger partial charge in [-0.05, 0) is 86.5 Å². The molecule has 4 nitrogen and oxygen atoms in total. The summed E-state index contributed by atoms with van der Waals surface area (Å²) in [6, 6.07) is 0. The fourth-order valence-corrected chi connectivity index (χ4v) is 7.66. The lowest BCUT2D eigenvalue weighted by atomic mass is 9.47. The minimum Gasteiger partial charge on any atom is -0.462 e. The average molecular weight is 386 g/mol. The van der Waals surface area contributed by atoms with Gasteiger partial charge in [-0.25, -0.2) is 0 Å². The number of carbonyl (C=O) groups is 1. The van der Waals surface area contributed by atoms with Gasteiger partial charge in [0.15, 0.2) is 0 Å². The number of ether oxygens (including phenoxy) is 1. The number of carbonyl (C=O) groups excluding carboxylic acids is 1. The van der Waals surface area contributed by atoms with Crippen molar-refractivity contribution in [1.29, 1.82) is 0 Å². The van der Waals surface area contributed by atoms with E-state index in [0.717, 1.165) is 37.8 Å². The van der Waals surface area contributed by atoms with Crippen LogP contribution in [0.15, 0.2) is 28.0 Å². The van der Waals surface area contributed by atoms with Gasteiger partial charge in [-0.15, -0.1) is 0 Å². The van der Waals surface area contributed by atoms with Crippen LogP contribution >= 0.6 is 0 Å². The topological polar surface area (TPSA) is 58.9 Å². The Labute approximate surface area is 169 Å². The highest BCUT2D eigenvalue weighted by atomic mass is 16.5. The Hall–Kier alpha value is -1.58. The molecule has 4 aliphatic carbocycles. The van der Waals surface area contributed by atoms with Gasteiger partial charge in [0.25, 0.3) is 0 Å². The highest BCUT2D eigenvalue weighted by Gasteiger charge is 2.58. The first-order valence-corrected chi connectivity index (χ1v) is 11.0. The summed E-state index contributed by atoms with van der Waals surface area (Å²) in [4.78, 5) is 11.4. The van der Waals surface area contributed by atoms with Gasteiger partial charge in [0.05, 0.1) is 5.71 Å². The third-order valence-electron chi connectivity index (χ3n) is 8.82. The van der Waals surface area contributed by atoms with Crippen LogP contribution in [0, 0.1) is 28.6 Å². The minimum absolute atomic E-state index is 0.0626. The van der Waals surface area contributed by atoms with E-state index >= 15 is 0 Å². The predicted octanol–water partition coefficient (Wildman–Crippen LogP) is 5.66. The Morgan fingerprint density at radius 3 is 2.54 bits per heavy atom. The minimum atomic E-state index is -0.155. The van der Waals surface area contributed by atoms with Crippen molar-refractivity contribution in [3.63, 3.8) is 0 Å². The largest absolute Gasteiger partial charge is 0.462 e. The van der Waals surface area contributed by atoms with Crippen LogP contribution in [0.2, 0.25) is 0 Å². The Morgan fingerprint density at radius 2 is 1.86 bits per heavy atom. The second kappa shape index (κ2) is 6.74. The van der Waals surface area contributed by atoms with Crippen molar-refractivity contribution in [1.82, 2.24) is 0 Å². The van der Waals surface area contributed by atoms with Crippen LogP contribution in [0.5, 0.6) is 0 Å². The summed E-state index contributed by atoms with van der Waals surface area (Å²) in [6.45, 7) is 10.6. The van der Waals surface area contributed by atoms with Gasteiger partial charge in [-0.1, -0.05) is 36.2 Å². The van der Waals surface area contributed by atoms with Crippen molar-refractivity contribution < 1.29 is 14.7 Å². The van der Waals surface area contributed by atoms with E-state index in [2.05, 4.69) is 32.0 Å². The Balaban J connectivity index is 1.62. The van der Waals surface area contributed by atoms with Crippen LogP contribution in [0.4, 0.5) is 0 Å². The zero-order chi connectivity index (χ0) is 20.3. The van der Waals surface area contributed by atoms with E-state index in [-0.39, 0.29) is 22.9 Å². The zero-order valence-corrected chi connectivity index (χ0v) is 18.0. The highest BCUT2D eigenvalue weighted by Crippen LogP contribution is 2.66. The lowest BCUT2D eigenvalue weighted by molar-refractivity contribution is -0.148. The molecule has 2 saturated carbocycles. The first-order chi connectivity index (χ1) is 13.2. The summed E-state index contributed by atoms with van der Waals surface area (Å²) in [5.74, 6) is 1.88. The second-order valence-corrected chi connectivity index (χ2v) is 10.2. The number of nitrogens with zero attached hydrogens (tertiary/aromatic N) is 1. The van der Waals surface area contributed by atoms with Gasteiger partial charge in [0.1, 0.15) is 6.10 Å². The molecule has 0 amide bonds. The van der Waals surface area contributed by atoms with Crippen LogP contribution in [-0.2, 0) is 9.53 Å². The van der Waals surface area contributed by atoms with Crippen molar-refractivity contribution in [2.45, 2.75) is 85.7 Å². The fourth-order valence-electron chi connectivity index (χ4n) is 7.66. The lowest BCUT2D eigenvalue weighted by Gasteiger charge is -2.57. The fraction of sp³-hybridized carbons (Fsp3) is 0.750. The van der Waals surface area contributed by atoms with Crippen molar-refractivity contribution >= 4 is 11.7 Å². The normalized spacial score (nSPS) is 43.0. The van der Waals surface area contributed by atoms with Crippen molar-refractivity contribution in [3.05, 3.63) is 22.8 Å². The third kappa shape index (κ3) is 2.78. The number of oxime groups is 1. The molecule has 0 saturated heterocycles. The van der Waals surface area contributed by atoms with Crippen LogP contribution in [-0.4, -0.2) is 23.0 Å². The predicted molar refractivity (Wildman–Crippen MR) is 110 cm³/mol. The first-order valence-electron chi connectivity index (χ1n) is 11.0. The molecule has 0 spiro atoms. The molecular formula is C24H35NO3. The van der Waals surface area contributed by atoms with E-state index in [4.69, 9.17) is 4.74 Å². The highest BCUT2D eigenvalue weighted by molar-refractivity contribution is 6.00. The van der Waals surface area contributed by atoms with E-state index in [1.807, 2.05) is 6.92 Å². The third-order valence-corrected chi connectivity index (χ3v) is 8.82. The summed E-state index contributed by atoms with van der Waals surface area (Å²) < 4.78 is 5.55. The molecule has 0 heterocycles. The summed E-state index contributed by atoms with van der Waals surface area (Å²) in [7, 11) is 0. The van der Waals surface area contributed by atoms with Crippen LogP contribution in [0.3, 0.4) is 0 Å². The quantitative estimate of drug-likeness (QED) is 0.219. The monoisotopic (exact) mass is 385 g/mol. The molecule has 0 unspecified atom stereocenters. The molecule has 4 heteroatoms. The number of allylic oxidation sites excluding steroid dienone is 3. The van der Waals surface area contributed by atoms with E-state index in [9.17, 15) is 10.0 Å². The molecular weight excluding hydrogens is 350 g/mol. The number of hydrogen-bond donors (Lipinski definition) is 1. The maximum atomic E-state index is 11.4. The van der Waals surface area contributed by atoms with Gasteiger partial charge < -0.3 is 9.94 Å². The standard InChI is InChI=1S/C24H35NO3/c1-14-12-21-19-7-6-17-13-18(28-16(3)26)8-10-23(17,4)20(19)9-11-24(21,5)22(14)15(2)25-27/h6,18-21,27H,7-13H2,1-5H3/b25-15+/t18-,19+,20-,21-,23-,24-/m0/s1. The van der Waals surface area contributed by atoms with Crippen molar-refractivity contribution in [2.75, 3.05) is 0 Å². The van der Waals surface area contributed by atoms with Gasteiger partial charge in [-0.3, -0.25) is 4.79 Å². The Kier molecular flexibility index (Phi) is 4.75. The number of hydrogen-bond acceptors (Lipinski definition) is 4. The zero-order valence-electron chi connectivity index (χ0n) is 18.0. The second-order valence-electron chi connectivity index (χ2n) is 10.2. The van der Waals surface area contributed by atoms with E-state index < -0.39 is 0 Å². The lowest BCUT2D eigenvalue weighted by Crippen LogP contribution is -2.50. The summed E-state index contributed by atoms with van der Waals surface area (Å²) >= 11 is 0. The number of fused-ring (bicyclic) bond motifs is 5. The van der Waals surface area contributed by atoms with Crippen LogP contribution in [0.25, 0.3) is 0 Å². The first kappa shape index (κ1) is 19.7. The molecule has 4 rings (SSSR count). The molecule has 154 valence electrons. The summed E-state index contributed by atoms with van der Waals surface area (Å²) in [5.41, 5.74) is 5.46. The molecule has 28 heavy (non-hydrogen) atoms. The molecule has 0 bridgehead atoms. The average Bonchev–Trinajstić information content (AvgIpc) is 2.91. The van der Waals surface area contributed by atoms with E-state index in [1.54, 1.807) is 0 Å². The van der Waals surface area contributed by atoms with E-state index in [1.165, 1.54) is 36.5 Å². The Bertz CT molecular complexity index is 779. The summed E-state index contributed by atoms with van der Waals surface area (Å²) in [6.07, 6.45) is 10.3. The number of esters is 1. The van der Waals surface area contributed by atoms with Crippen molar-refractivity contribution in [2.24, 2.45) is 33.7 Å². The van der Waals surface area contributed by atoms with Gasteiger partial charge in [0.2, 0.25) is 0 Å². The molecule has 0 radical (unpaired) electrons. The molecule has 4 aliphatic rings. The molecule has 0 aromatic carbocycles. The van der Waals surface area contributed by atoms with Crippen LogP contribution in [0.1, 0.15) is 79.6 Å². The Morgan fingerprint density at radius 1 is 1.14 bits per heavy atom. The van der Waals surface area contributed by atoms with E-state index in [0.29, 0.717) is 17.8 Å². The number of rotatable bonds is 2. The molecule has 0 aromatic rings. The maximum absolute atomic E-state index is 11.4. The summed E-state index contributed by atoms with van der Waals surface area (Å²) in [5, 5.41) is 13.0. The molecule has 1 N–H and O–H groups in total. The van der Waals surface area contributed by atoms with Gasteiger partial charge in [0, 0.05) is 13.3 Å². The smallest absolute Gasteiger partial charge is 0.302 e. The van der Waals surface area contributed by atoms with Crippen LogP contribution < -0.4 is 0 Å². The molecule has 0 aliphatic heterocycles. The maximum Gasteiger partial charge on any atom is 0.302 e. The molecule has 0 aromatic heterocycles. The molecule has 6 atom stereocenters. The molecule has 2 fully saturated rings. The SMILES string of the molecule is CC(=O)O[C@H]1CC[C@@]2(C)C(=CC[C@@H]3[C@@H]2CC[C@]2(C)C(/C(C)=N/O)=C(C)C[C@@H]32)C1. The van der Waals surface area contributed by atoms with Crippen molar-refractivity contribution in [3.8, 4) is 0 Å². The van der Waals surface area contributed by atoms with Gasteiger partial charge >= 0.3 is 5.97 Å². The van der Waals surface area contributed by atoms with Gasteiger partial charge in [-0.2, -0.15) is 0 Å².